The van der Waals surface area contributed by atoms with Crippen LogP contribution in [-0.4, -0.2) is 27.3 Å². The number of carbonyl (C=O) groups is 2. The maximum absolute atomic E-state index is 13.8. The van der Waals surface area contributed by atoms with Crippen LogP contribution >= 0.6 is 0 Å². The first-order chi connectivity index (χ1) is 20.2. The number of alkyl halides is 3. The molecule has 1 heterocycles. The molecule has 43 heavy (non-hydrogen) atoms. The van der Waals surface area contributed by atoms with Crippen molar-refractivity contribution < 1.29 is 27.5 Å². The Kier molecular flexibility index (Phi) is 9.77. The van der Waals surface area contributed by atoms with E-state index in [1.54, 1.807) is 24.3 Å². The zero-order chi connectivity index (χ0) is 31.4. The Morgan fingerprint density at radius 3 is 2.33 bits per heavy atom. The fraction of sp³-hybridized carbons (Fsp3) is 0.455. The number of hydrogen-bond donors (Lipinski definition) is 1. The molecule has 3 aromatic rings. The van der Waals surface area contributed by atoms with Gasteiger partial charge in [0.05, 0.1) is 12.5 Å². The van der Waals surface area contributed by atoms with E-state index in [0.29, 0.717) is 23.7 Å². The zero-order valence-corrected chi connectivity index (χ0v) is 25.0. The largest absolute Gasteiger partial charge is 0.460 e. The fourth-order valence-corrected chi connectivity index (χ4v) is 5.57. The topological polar surface area (TPSA) is 90.3 Å². The van der Waals surface area contributed by atoms with Crippen molar-refractivity contribution in [2.75, 3.05) is 5.32 Å². The molecule has 0 radical (unpaired) electrons. The summed E-state index contributed by atoms with van der Waals surface area (Å²) in [5, 5.41) is 6.59. The number of halogens is 3. The molecule has 1 aliphatic rings. The van der Waals surface area contributed by atoms with Gasteiger partial charge in [-0.15, -0.1) is 0 Å². The minimum Gasteiger partial charge on any atom is -0.460 e. The van der Waals surface area contributed by atoms with Crippen LogP contribution in [0.2, 0.25) is 0 Å². The molecule has 1 unspecified atom stereocenters. The van der Waals surface area contributed by atoms with Crippen molar-refractivity contribution in [2.24, 2.45) is 5.92 Å². The number of hydrogen-bond acceptors (Lipinski definition) is 5. The van der Waals surface area contributed by atoms with Crippen molar-refractivity contribution in [3.05, 3.63) is 92.9 Å². The Labute approximate surface area is 249 Å². The summed E-state index contributed by atoms with van der Waals surface area (Å²) in [7, 11) is 0. The third kappa shape index (κ3) is 8.55. The molecule has 230 valence electrons. The van der Waals surface area contributed by atoms with Gasteiger partial charge < -0.3 is 10.1 Å². The quantitative estimate of drug-likeness (QED) is 0.274. The first kappa shape index (κ1) is 32.0. The molecule has 0 saturated heterocycles. The zero-order valence-electron chi connectivity index (χ0n) is 25.0. The van der Waals surface area contributed by atoms with Crippen LogP contribution in [0.4, 0.5) is 18.9 Å². The Morgan fingerprint density at radius 1 is 1.02 bits per heavy atom. The van der Waals surface area contributed by atoms with E-state index in [0.717, 1.165) is 53.1 Å². The van der Waals surface area contributed by atoms with Crippen molar-refractivity contribution in [1.82, 2.24) is 9.78 Å². The van der Waals surface area contributed by atoms with E-state index in [2.05, 4.69) is 10.4 Å². The summed E-state index contributed by atoms with van der Waals surface area (Å²) in [6, 6.07) is 14.2. The Bertz CT molecular complexity index is 1500. The van der Waals surface area contributed by atoms with Crippen LogP contribution in [-0.2, 0) is 33.5 Å². The van der Waals surface area contributed by atoms with Crippen molar-refractivity contribution in [3.8, 4) is 0 Å². The average molecular weight is 598 g/mol. The van der Waals surface area contributed by atoms with Gasteiger partial charge in [-0.1, -0.05) is 49.2 Å². The fourth-order valence-electron chi connectivity index (χ4n) is 5.57. The third-order valence-corrected chi connectivity index (χ3v) is 7.70. The number of aryl methyl sites for hydroxylation is 1. The molecule has 1 atom stereocenters. The average Bonchev–Trinajstić information content (AvgIpc) is 3.44. The second-order valence-corrected chi connectivity index (χ2v) is 12.1. The van der Waals surface area contributed by atoms with E-state index in [9.17, 15) is 27.6 Å². The van der Waals surface area contributed by atoms with Crippen LogP contribution in [0.3, 0.4) is 0 Å². The van der Waals surface area contributed by atoms with E-state index >= 15 is 0 Å². The first-order valence-corrected chi connectivity index (χ1v) is 14.6. The molecule has 2 aromatic carbocycles. The smallest absolute Gasteiger partial charge is 0.435 e. The van der Waals surface area contributed by atoms with Gasteiger partial charge in [0, 0.05) is 18.2 Å². The summed E-state index contributed by atoms with van der Waals surface area (Å²) < 4.78 is 45.5. The molecular weight excluding hydrogens is 559 g/mol. The molecular formula is C33H38F3N3O4. The van der Waals surface area contributed by atoms with Crippen molar-refractivity contribution in [3.63, 3.8) is 0 Å². The highest BCUT2D eigenvalue weighted by Gasteiger charge is 2.34. The minimum atomic E-state index is -4.66. The number of anilines is 1. The van der Waals surface area contributed by atoms with E-state index in [-0.39, 0.29) is 30.8 Å². The van der Waals surface area contributed by atoms with E-state index < -0.39 is 28.9 Å². The third-order valence-electron chi connectivity index (χ3n) is 7.70. The summed E-state index contributed by atoms with van der Waals surface area (Å²) in [5.74, 6) is -0.687. The predicted molar refractivity (Wildman–Crippen MR) is 158 cm³/mol. The van der Waals surface area contributed by atoms with Gasteiger partial charge in [-0.25, -0.2) is 4.68 Å². The van der Waals surface area contributed by atoms with E-state index in [1.165, 1.54) is 0 Å². The number of ether oxygens (including phenoxy) is 1. The molecule has 1 aliphatic carbocycles. The first-order valence-electron chi connectivity index (χ1n) is 14.6. The van der Waals surface area contributed by atoms with Crippen LogP contribution in [0.15, 0.2) is 59.4 Å². The highest BCUT2D eigenvalue weighted by Crippen LogP contribution is 2.38. The Balaban J connectivity index is 1.51. The van der Waals surface area contributed by atoms with E-state index in [4.69, 9.17) is 4.74 Å². The van der Waals surface area contributed by atoms with Gasteiger partial charge in [-0.2, -0.15) is 18.3 Å². The van der Waals surface area contributed by atoms with Crippen molar-refractivity contribution in [1.29, 1.82) is 0 Å². The lowest BCUT2D eigenvalue weighted by Gasteiger charge is -2.24. The van der Waals surface area contributed by atoms with Crippen LogP contribution < -0.4 is 10.9 Å². The number of esters is 1. The normalized spacial score (nSPS) is 14.9. The lowest BCUT2D eigenvalue weighted by atomic mass is 9.83. The van der Waals surface area contributed by atoms with Gasteiger partial charge in [0.2, 0.25) is 5.91 Å². The summed E-state index contributed by atoms with van der Waals surface area (Å²) in [6.45, 7) is 7.28. The maximum atomic E-state index is 13.8. The van der Waals surface area contributed by atoms with Gasteiger partial charge in [0.1, 0.15) is 5.60 Å². The molecule has 0 bridgehead atoms. The second kappa shape index (κ2) is 13.1. The maximum Gasteiger partial charge on any atom is 0.435 e. The number of carbonyl (C=O) groups excluding carboxylic acids is 2. The number of aromatic nitrogens is 2. The molecule has 0 aliphatic heterocycles. The number of benzene rings is 2. The summed E-state index contributed by atoms with van der Waals surface area (Å²) in [6.07, 6.45) is -0.0318. The van der Waals surface area contributed by atoms with Gasteiger partial charge >= 0.3 is 12.1 Å². The standard InChI is InChI=1S/C33H38F3N3O4/c1-21-23(16-19-29(41)43-32(2,3)4)10-7-11-26(21)37-31(42)30(24-8-5-6-9-24)25-14-12-22(13-15-25)20-39-28(40)18-17-27(38-39)33(34,35)36/h7,10-15,17-18,24,30H,5-6,8-9,16,19-20H2,1-4H3,(H,37,42). The number of nitrogens with zero attached hydrogens (tertiary/aromatic N) is 2. The summed E-state index contributed by atoms with van der Waals surface area (Å²) >= 11 is 0. The number of nitrogens with one attached hydrogen (secondary N) is 1. The van der Waals surface area contributed by atoms with Crippen molar-refractivity contribution >= 4 is 17.6 Å². The van der Waals surface area contributed by atoms with Crippen molar-refractivity contribution in [2.45, 2.75) is 90.5 Å². The van der Waals surface area contributed by atoms with Crippen LogP contribution in [0.5, 0.6) is 0 Å². The monoisotopic (exact) mass is 597 g/mol. The Morgan fingerprint density at radius 2 is 1.70 bits per heavy atom. The van der Waals surface area contributed by atoms with E-state index in [1.807, 2.05) is 45.9 Å². The summed E-state index contributed by atoms with van der Waals surface area (Å²) in [5.41, 5.74) is 1.59. The Hall–Kier alpha value is -3.95. The minimum absolute atomic E-state index is 0.126. The number of amides is 1. The van der Waals surface area contributed by atoms with Gasteiger partial charge in [0.25, 0.3) is 5.56 Å². The molecule has 1 aromatic heterocycles. The van der Waals surface area contributed by atoms with Crippen LogP contribution in [0, 0.1) is 12.8 Å². The summed E-state index contributed by atoms with van der Waals surface area (Å²) in [4.78, 5) is 38.2. The highest BCUT2D eigenvalue weighted by molar-refractivity contribution is 5.97. The predicted octanol–water partition coefficient (Wildman–Crippen LogP) is 6.81. The lowest BCUT2D eigenvalue weighted by molar-refractivity contribution is -0.154. The molecule has 1 saturated carbocycles. The van der Waals surface area contributed by atoms with Gasteiger partial charge in [-0.3, -0.25) is 14.4 Å². The van der Waals surface area contributed by atoms with Gasteiger partial charge in [0.15, 0.2) is 5.69 Å². The second-order valence-electron chi connectivity index (χ2n) is 12.1. The van der Waals surface area contributed by atoms with Crippen LogP contribution in [0.25, 0.3) is 0 Å². The SMILES string of the molecule is Cc1c(CCC(=O)OC(C)(C)C)cccc1NC(=O)C(c1ccc(Cn2nc(C(F)(F)F)ccc2=O)cc1)C1CCCC1. The molecule has 1 fully saturated rings. The van der Waals surface area contributed by atoms with Gasteiger partial charge in [-0.05, 0) is 87.3 Å². The number of rotatable bonds is 9. The molecule has 7 nitrogen and oxygen atoms in total. The highest BCUT2D eigenvalue weighted by atomic mass is 19.4. The molecule has 1 N–H and O–H groups in total. The molecule has 0 spiro atoms. The molecule has 1 amide bonds. The van der Waals surface area contributed by atoms with Crippen LogP contribution in [0.1, 0.15) is 86.7 Å². The molecule has 4 rings (SSSR count). The lowest BCUT2D eigenvalue weighted by Crippen LogP contribution is -2.27. The molecule has 10 heteroatoms.